The van der Waals surface area contributed by atoms with Gasteiger partial charge in [-0.25, -0.2) is 0 Å². The molecule has 1 aliphatic carbocycles. The van der Waals surface area contributed by atoms with E-state index in [-0.39, 0.29) is 23.1 Å². The van der Waals surface area contributed by atoms with E-state index in [1.54, 1.807) is 16.9 Å². The van der Waals surface area contributed by atoms with E-state index in [9.17, 15) is 9.59 Å². The van der Waals surface area contributed by atoms with Crippen LogP contribution in [0.5, 0.6) is 0 Å². The van der Waals surface area contributed by atoms with Gasteiger partial charge in [-0.2, -0.15) is 0 Å². The quantitative estimate of drug-likeness (QED) is 0.200. The zero-order valence-corrected chi connectivity index (χ0v) is 27.1. The number of fused-ring (bicyclic) bond motifs is 4. The highest BCUT2D eigenvalue weighted by Gasteiger charge is 2.47. The van der Waals surface area contributed by atoms with Crippen molar-refractivity contribution in [2.45, 2.75) is 117 Å². The maximum atomic E-state index is 13.7. The second kappa shape index (κ2) is 11.3. The number of hydrogen-bond donors (Lipinski definition) is 0. The van der Waals surface area contributed by atoms with Crippen molar-refractivity contribution in [2.75, 3.05) is 6.54 Å². The number of nitrogens with zero attached hydrogens (tertiary/aromatic N) is 1. The maximum absolute atomic E-state index is 13.7. The summed E-state index contributed by atoms with van der Waals surface area (Å²) >= 11 is 5.53. The summed E-state index contributed by atoms with van der Waals surface area (Å²) in [7, 11) is 0. The van der Waals surface area contributed by atoms with E-state index in [1.807, 2.05) is 22.7 Å². The minimum atomic E-state index is -0.0858. The lowest BCUT2D eigenvalue weighted by Gasteiger charge is -2.31. The van der Waals surface area contributed by atoms with Crippen LogP contribution >= 0.6 is 34.0 Å². The van der Waals surface area contributed by atoms with E-state index in [2.05, 4.69) is 60.6 Å². The molecule has 2 aliphatic rings. The van der Waals surface area contributed by atoms with Crippen molar-refractivity contribution in [3.63, 3.8) is 0 Å². The fraction of sp³-hybridized carbons (Fsp3) is 0.576. The highest BCUT2D eigenvalue weighted by Crippen LogP contribution is 2.62. The average molecular weight is 582 g/mol. The van der Waals surface area contributed by atoms with Crippen molar-refractivity contribution >= 4 is 45.8 Å². The number of imide groups is 1. The summed E-state index contributed by atoms with van der Waals surface area (Å²) in [6.07, 6.45) is 8.98. The molecule has 3 aromatic rings. The molecule has 0 N–H and O–H groups in total. The van der Waals surface area contributed by atoms with Crippen molar-refractivity contribution in [1.82, 2.24) is 4.90 Å². The zero-order valence-electron chi connectivity index (χ0n) is 24.7. The first kappa shape index (κ1) is 28.8. The van der Waals surface area contributed by atoms with E-state index < -0.39 is 0 Å². The lowest BCUT2D eigenvalue weighted by molar-refractivity contribution is 0.0652. The summed E-state index contributed by atoms with van der Waals surface area (Å²) in [5.74, 6) is 0.557. The lowest BCUT2D eigenvalue weighted by atomic mass is 9.71. The number of carbonyl (C=O) groups is 2. The number of amides is 2. The molecular formula is C33H43NO2S3. The average Bonchev–Trinajstić information content (AvgIpc) is 3.69. The van der Waals surface area contributed by atoms with Crippen LogP contribution < -0.4 is 0 Å². The molecular weight excluding hydrogens is 539 g/mol. The Morgan fingerprint density at radius 2 is 1.31 bits per heavy atom. The third-order valence-electron chi connectivity index (χ3n) is 8.54. The summed E-state index contributed by atoms with van der Waals surface area (Å²) in [6.45, 7) is 16.1. The van der Waals surface area contributed by atoms with Gasteiger partial charge in [0.2, 0.25) is 0 Å². The van der Waals surface area contributed by atoms with Gasteiger partial charge in [0.1, 0.15) is 0 Å². The first-order valence-electron chi connectivity index (χ1n) is 15.0. The fourth-order valence-corrected chi connectivity index (χ4v) is 10.4. The van der Waals surface area contributed by atoms with Gasteiger partial charge in [0, 0.05) is 36.3 Å². The Labute approximate surface area is 246 Å². The van der Waals surface area contributed by atoms with Gasteiger partial charge in [-0.3, -0.25) is 14.5 Å². The van der Waals surface area contributed by atoms with Crippen LogP contribution in [0.15, 0.2) is 12.1 Å². The molecule has 4 heterocycles. The highest BCUT2D eigenvalue weighted by molar-refractivity contribution is 7.27. The predicted octanol–water partition coefficient (Wildman–Crippen LogP) is 10.8. The predicted molar refractivity (Wildman–Crippen MR) is 169 cm³/mol. The molecule has 0 fully saturated rings. The number of rotatable bonds is 12. The van der Waals surface area contributed by atoms with E-state index >= 15 is 0 Å². The molecule has 1 aliphatic heterocycles. The molecule has 0 aromatic carbocycles. The summed E-state index contributed by atoms with van der Waals surface area (Å²) < 4.78 is 0. The van der Waals surface area contributed by atoms with Crippen LogP contribution in [-0.2, 0) is 5.41 Å². The SMILES string of the molecule is CCCCN1C(=O)c2c(-c3cc4c(s3)-c3sc(C(C)C)cc3C4(CCCC)CCCC)sc(C(C)C)c2C1=O. The van der Waals surface area contributed by atoms with Gasteiger partial charge in [-0.1, -0.05) is 80.6 Å². The van der Waals surface area contributed by atoms with Gasteiger partial charge in [0.25, 0.3) is 11.8 Å². The zero-order chi connectivity index (χ0) is 28.1. The van der Waals surface area contributed by atoms with Gasteiger partial charge >= 0.3 is 0 Å². The summed E-state index contributed by atoms with van der Waals surface area (Å²) in [6, 6.07) is 4.95. The Balaban J connectivity index is 1.69. The molecule has 0 saturated carbocycles. The minimum Gasteiger partial charge on any atom is -0.274 e. The second-order valence-electron chi connectivity index (χ2n) is 12.0. The fourth-order valence-electron chi connectivity index (χ4n) is 6.34. The first-order valence-corrected chi connectivity index (χ1v) is 17.5. The molecule has 39 heavy (non-hydrogen) atoms. The normalized spacial score (nSPS) is 15.7. The molecule has 0 atom stereocenters. The molecule has 2 amide bonds. The Morgan fingerprint density at radius 3 is 1.90 bits per heavy atom. The van der Waals surface area contributed by atoms with Crippen LogP contribution in [0.4, 0.5) is 0 Å². The van der Waals surface area contributed by atoms with Crippen LogP contribution in [-0.4, -0.2) is 23.3 Å². The summed E-state index contributed by atoms with van der Waals surface area (Å²) in [5.41, 5.74) is 4.45. The van der Waals surface area contributed by atoms with Gasteiger partial charge in [-0.15, -0.1) is 34.0 Å². The van der Waals surface area contributed by atoms with E-state index in [0.717, 1.165) is 22.6 Å². The molecule has 5 rings (SSSR count). The molecule has 0 unspecified atom stereocenters. The largest absolute Gasteiger partial charge is 0.274 e. The van der Waals surface area contributed by atoms with Gasteiger partial charge in [-0.05, 0) is 54.4 Å². The van der Waals surface area contributed by atoms with Crippen molar-refractivity contribution in [2.24, 2.45) is 0 Å². The van der Waals surface area contributed by atoms with Crippen molar-refractivity contribution in [3.05, 3.63) is 44.1 Å². The van der Waals surface area contributed by atoms with Crippen molar-refractivity contribution < 1.29 is 9.59 Å². The minimum absolute atomic E-state index is 0.0589. The molecule has 3 nitrogen and oxygen atoms in total. The molecule has 0 saturated heterocycles. The number of unbranched alkanes of at least 4 members (excludes halogenated alkanes) is 3. The molecule has 210 valence electrons. The number of thiophene rings is 3. The van der Waals surface area contributed by atoms with Gasteiger partial charge in [0.15, 0.2) is 0 Å². The van der Waals surface area contributed by atoms with Crippen LogP contribution in [0.3, 0.4) is 0 Å². The van der Waals surface area contributed by atoms with Crippen LogP contribution in [0.2, 0.25) is 0 Å². The monoisotopic (exact) mass is 581 g/mol. The third-order valence-corrected chi connectivity index (χ3v) is 12.9. The van der Waals surface area contributed by atoms with Crippen LogP contribution in [0.25, 0.3) is 19.5 Å². The van der Waals surface area contributed by atoms with Gasteiger partial charge < -0.3 is 0 Å². The van der Waals surface area contributed by atoms with E-state index in [0.29, 0.717) is 23.6 Å². The third kappa shape index (κ3) is 4.59. The first-order chi connectivity index (χ1) is 18.7. The molecule has 0 radical (unpaired) electrons. The van der Waals surface area contributed by atoms with E-state index in [4.69, 9.17) is 0 Å². The van der Waals surface area contributed by atoms with E-state index in [1.165, 1.54) is 68.5 Å². The number of hydrogen-bond acceptors (Lipinski definition) is 5. The summed E-state index contributed by atoms with van der Waals surface area (Å²) in [4.78, 5) is 36.4. The standard InChI is InChI=1S/C33H43NO2S3/c1-8-11-14-33(15-12-9-2)21-17-23(19(4)5)37-28(21)29-22(33)18-24(38-29)30-26-25(27(39-30)20(6)7)31(35)34(32(26)36)16-13-10-3/h17-20H,8-16H2,1-7H3. The van der Waals surface area contributed by atoms with Crippen LogP contribution in [0.1, 0.15) is 153 Å². The summed E-state index contributed by atoms with van der Waals surface area (Å²) in [5, 5.41) is 0. The number of carbonyl (C=O) groups excluding carboxylic acids is 2. The lowest BCUT2D eigenvalue weighted by Crippen LogP contribution is -2.31. The molecule has 0 bridgehead atoms. The van der Waals surface area contributed by atoms with Crippen molar-refractivity contribution in [1.29, 1.82) is 0 Å². The Hall–Kier alpha value is -1.76. The Bertz CT molecular complexity index is 1380. The van der Waals surface area contributed by atoms with Crippen molar-refractivity contribution in [3.8, 4) is 19.5 Å². The molecule has 3 aromatic heterocycles. The maximum Gasteiger partial charge on any atom is 0.263 e. The molecule has 0 spiro atoms. The second-order valence-corrected chi connectivity index (χ2v) is 15.2. The Morgan fingerprint density at radius 1 is 0.718 bits per heavy atom. The van der Waals surface area contributed by atoms with Gasteiger partial charge in [0.05, 0.1) is 16.0 Å². The smallest absolute Gasteiger partial charge is 0.263 e. The molecule has 6 heteroatoms. The topological polar surface area (TPSA) is 37.4 Å². The highest BCUT2D eigenvalue weighted by atomic mass is 32.1. The Kier molecular flexibility index (Phi) is 8.30. The van der Waals surface area contributed by atoms with Crippen LogP contribution in [0, 0.1) is 0 Å².